The van der Waals surface area contributed by atoms with Crippen LogP contribution in [0.5, 0.6) is 11.5 Å². The molecule has 1 fully saturated rings. The first-order chi connectivity index (χ1) is 18.8. The Morgan fingerprint density at radius 1 is 1.15 bits per heavy atom. The Kier molecular flexibility index (Phi) is 7.62. The van der Waals surface area contributed by atoms with Crippen molar-refractivity contribution in [3.63, 3.8) is 0 Å². The van der Waals surface area contributed by atoms with Crippen molar-refractivity contribution in [3.8, 4) is 11.5 Å². The molecule has 3 aromatic rings. The fourth-order valence-electron chi connectivity index (χ4n) is 4.88. The Morgan fingerprint density at radius 3 is 2.62 bits per heavy atom. The van der Waals surface area contributed by atoms with E-state index in [2.05, 4.69) is 21.8 Å². The number of fused-ring (bicyclic) bond motifs is 1. The fourth-order valence-corrected chi connectivity index (χ4v) is 5.90. The zero-order chi connectivity index (χ0) is 27.7. The molecule has 0 N–H and O–H groups in total. The van der Waals surface area contributed by atoms with Crippen LogP contribution in [0.25, 0.3) is 6.08 Å². The predicted molar refractivity (Wildman–Crippen MR) is 148 cm³/mol. The summed E-state index contributed by atoms with van der Waals surface area (Å²) in [6.07, 6.45) is 1.73. The van der Waals surface area contributed by atoms with Gasteiger partial charge in [0.1, 0.15) is 23.3 Å². The average Bonchev–Trinajstić information content (AvgIpc) is 3.52. The zero-order valence-electron chi connectivity index (χ0n) is 22.7. The number of allylic oxidation sites excluding steroid dienone is 1. The lowest BCUT2D eigenvalue weighted by Gasteiger charge is -2.32. The SMILES string of the molecule is CCOC(=O)C1=C(C)N=c2sc(=Cc3ccc(N4CCN(C)CC4)o3)c(=O)n2[C@@H]1c1ccc(OC)cc1OC. The molecule has 1 aromatic carbocycles. The summed E-state index contributed by atoms with van der Waals surface area (Å²) in [6.45, 7) is 7.38. The number of carbonyl (C=O) groups is 1. The highest BCUT2D eigenvalue weighted by Gasteiger charge is 2.35. The van der Waals surface area contributed by atoms with Crippen molar-refractivity contribution in [1.29, 1.82) is 0 Å². The number of methoxy groups -OCH3 is 2. The van der Waals surface area contributed by atoms with E-state index in [0.29, 0.717) is 37.9 Å². The number of thiazole rings is 1. The highest BCUT2D eigenvalue weighted by Crippen LogP contribution is 2.37. The number of hydrogen-bond donors (Lipinski definition) is 0. The molecule has 1 saturated heterocycles. The smallest absolute Gasteiger partial charge is 0.338 e. The van der Waals surface area contributed by atoms with Crippen LogP contribution in [0.2, 0.25) is 0 Å². The highest BCUT2D eigenvalue weighted by atomic mass is 32.1. The molecule has 0 saturated carbocycles. The number of benzene rings is 1. The maximum atomic E-state index is 13.9. The molecule has 10 nitrogen and oxygen atoms in total. The van der Waals surface area contributed by atoms with E-state index < -0.39 is 12.0 Å². The van der Waals surface area contributed by atoms with E-state index in [9.17, 15) is 9.59 Å². The summed E-state index contributed by atoms with van der Waals surface area (Å²) < 4.78 is 24.5. The molecule has 2 aromatic heterocycles. The van der Waals surface area contributed by atoms with E-state index in [4.69, 9.17) is 18.6 Å². The number of hydrogen-bond acceptors (Lipinski definition) is 10. The number of anilines is 1. The van der Waals surface area contributed by atoms with Crippen LogP contribution in [0.3, 0.4) is 0 Å². The Bertz CT molecular complexity index is 1590. The van der Waals surface area contributed by atoms with Gasteiger partial charge in [0.15, 0.2) is 10.7 Å². The first-order valence-corrected chi connectivity index (χ1v) is 13.6. The average molecular weight is 553 g/mol. The van der Waals surface area contributed by atoms with Crippen molar-refractivity contribution < 1.29 is 23.4 Å². The monoisotopic (exact) mass is 552 g/mol. The first kappa shape index (κ1) is 26.8. The van der Waals surface area contributed by atoms with Gasteiger partial charge in [0, 0.05) is 50.0 Å². The lowest BCUT2D eigenvalue weighted by atomic mass is 9.95. The summed E-state index contributed by atoms with van der Waals surface area (Å²) in [6, 6.07) is 8.31. The van der Waals surface area contributed by atoms with Crippen LogP contribution in [-0.4, -0.2) is 69.5 Å². The maximum Gasteiger partial charge on any atom is 0.338 e. The third-order valence-electron chi connectivity index (χ3n) is 6.95. The van der Waals surface area contributed by atoms with Gasteiger partial charge in [-0.2, -0.15) is 0 Å². The van der Waals surface area contributed by atoms with Crippen LogP contribution >= 0.6 is 11.3 Å². The molecule has 1 atom stereocenters. The molecule has 0 aliphatic carbocycles. The highest BCUT2D eigenvalue weighted by molar-refractivity contribution is 7.07. The molecule has 11 heteroatoms. The van der Waals surface area contributed by atoms with Crippen molar-refractivity contribution in [2.75, 3.05) is 59.0 Å². The summed E-state index contributed by atoms with van der Waals surface area (Å²) in [5, 5.41) is 0. The van der Waals surface area contributed by atoms with Crippen molar-refractivity contribution in [1.82, 2.24) is 9.47 Å². The lowest BCUT2D eigenvalue weighted by Crippen LogP contribution is -2.44. The van der Waals surface area contributed by atoms with Gasteiger partial charge in [0.2, 0.25) is 0 Å². The molecule has 206 valence electrons. The van der Waals surface area contributed by atoms with Crippen LogP contribution in [0.4, 0.5) is 5.88 Å². The van der Waals surface area contributed by atoms with Crippen LogP contribution in [0, 0.1) is 0 Å². The number of ether oxygens (including phenoxy) is 3. The molecule has 0 unspecified atom stereocenters. The fraction of sp³-hybridized carbons (Fsp3) is 0.393. The van der Waals surface area contributed by atoms with Crippen LogP contribution < -0.4 is 29.3 Å². The second-order valence-corrected chi connectivity index (χ2v) is 10.4. The van der Waals surface area contributed by atoms with E-state index in [1.807, 2.05) is 12.1 Å². The Hall–Kier alpha value is -3.83. The van der Waals surface area contributed by atoms with Gasteiger partial charge in [0.25, 0.3) is 5.56 Å². The number of nitrogens with zero attached hydrogens (tertiary/aromatic N) is 4. The topological polar surface area (TPSA) is 98.7 Å². The largest absolute Gasteiger partial charge is 0.497 e. The van der Waals surface area contributed by atoms with Gasteiger partial charge in [-0.25, -0.2) is 9.79 Å². The molecule has 5 rings (SSSR count). The summed E-state index contributed by atoms with van der Waals surface area (Å²) in [5.41, 5.74) is 1.11. The van der Waals surface area contributed by atoms with Gasteiger partial charge >= 0.3 is 5.97 Å². The van der Waals surface area contributed by atoms with E-state index in [1.54, 1.807) is 45.2 Å². The summed E-state index contributed by atoms with van der Waals surface area (Å²) in [5.74, 6) is 1.90. The van der Waals surface area contributed by atoms with E-state index in [-0.39, 0.29) is 17.7 Å². The van der Waals surface area contributed by atoms with Crippen molar-refractivity contribution >= 4 is 29.3 Å². The Labute approximate surface area is 230 Å². The van der Waals surface area contributed by atoms with Crippen molar-refractivity contribution in [2.45, 2.75) is 19.9 Å². The molecule has 4 heterocycles. The number of furan rings is 1. The predicted octanol–water partition coefficient (Wildman–Crippen LogP) is 2.16. The minimum atomic E-state index is -0.791. The molecular formula is C28H32N4O6S. The van der Waals surface area contributed by atoms with Gasteiger partial charge < -0.3 is 28.4 Å². The standard InChI is InChI=1S/C28H32N4O6S/c1-6-37-27(34)24-17(2)29-28-32(25(24)20-9-7-18(35-4)15-21(20)36-5)26(33)22(39-28)16-19-8-10-23(38-19)31-13-11-30(3)12-14-31/h7-10,15-16,25H,6,11-14H2,1-5H3/t25-/m1/s1. The number of likely N-dealkylation sites (N-methyl/N-ethyl adjacent to an activating group) is 1. The second kappa shape index (κ2) is 11.1. The molecule has 0 bridgehead atoms. The normalized spacial score (nSPS) is 18.1. The minimum Gasteiger partial charge on any atom is -0.497 e. The van der Waals surface area contributed by atoms with Crippen LogP contribution in [0.1, 0.15) is 31.2 Å². The zero-order valence-corrected chi connectivity index (χ0v) is 23.5. The minimum absolute atomic E-state index is 0.195. The molecule has 0 amide bonds. The molecular weight excluding hydrogens is 520 g/mol. The number of piperazine rings is 1. The van der Waals surface area contributed by atoms with Gasteiger partial charge in [-0.1, -0.05) is 11.3 Å². The third kappa shape index (κ3) is 5.11. The molecule has 0 spiro atoms. The molecule has 2 aliphatic rings. The van der Waals surface area contributed by atoms with Crippen LogP contribution in [-0.2, 0) is 9.53 Å². The third-order valence-corrected chi connectivity index (χ3v) is 7.94. The second-order valence-electron chi connectivity index (χ2n) is 9.38. The van der Waals surface area contributed by atoms with E-state index in [0.717, 1.165) is 32.1 Å². The summed E-state index contributed by atoms with van der Waals surface area (Å²) in [7, 11) is 5.21. The molecule has 0 radical (unpaired) electrons. The maximum absolute atomic E-state index is 13.9. The quantitative estimate of drug-likeness (QED) is 0.412. The lowest BCUT2D eigenvalue weighted by molar-refractivity contribution is -0.139. The van der Waals surface area contributed by atoms with Gasteiger partial charge in [-0.15, -0.1) is 0 Å². The van der Waals surface area contributed by atoms with E-state index in [1.165, 1.54) is 23.0 Å². The van der Waals surface area contributed by atoms with Crippen molar-refractivity contribution in [2.24, 2.45) is 4.99 Å². The van der Waals surface area contributed by atoms with Crippen LogP contribution in [0.15, 0.2) is 55.8 Å². The van der Waals surface area contributed by atoms with E-state index >= 15 is 0 Å². The number of aromatic nitrogens is 1. The number of rotatable bonds is 7. The van der Waals surface area contributed by atoms with Crippen molar-refractivity contribution in [3.05, 3.63) is 72.6 Å². The van der Waals surface area contributed by atoms with Gasteiger partial charge in [0.05, 0.1) is 36.6 Å². The Balaban J connectivity index is 1.62. The molecule has 2 aliphatic heterocycles. The Morgan fingerprint density at radius 2 is 1.92 bits per heavy atom. The van der Waals surface area contributed by atoms with Gasteiger partial charge in [-0.3, -0.25) is 9.36 Å². The number of esters is 1. The summed E-state index contributed by atoms with van der Waals surface area (Å²) >= 11 is 1.25. The summed E-state index contributed by atoms with van der Waals surface area (Å²) in [4.78, 5) is 36.6. The molecule has 39 heavy (non-hydrogen) atoms. The first-order valence-electron chi connectivity index (χ1n) is 12.8. The number of carbonyl (C=O) groups excluding carboxylic acids is 1. The van der Waals surface area contributed by atoms with Gasteiger partial charge in [-0.05, 0) is 39.1 Å².